The molecule has 1 aliphatic heterocycles. The Kier molecular flexibility index (Phi) is 6.57. The number of aryl methyl sites for hydroxylation is 1. The molecule has 0 radical (unpaired) electrons. The molecule has 0 atom stereocenters. The van der Waals surface area contributed by atoms with Gasteiger partial charge in [-0.05, 0) is 60.9 Å². The number of nitrogens with one attached hydrogen (secondary N) is 1. The normalized spacial score (nSPS) is 14.9. The quantitative estimate of drug-likeness (QED) is 0.431. The number of carbonyl (C=O) groups is 1. The Balaban J connectivity index is 1.30. The summed E-state index contributed by atoms with van der Waals surface area (Å²) in [6.45, 7) is 9.97. The van der Waals surface area contributed by atoms with Crippen LogP contribution in [-0.2, 0) is 23.1 Å². The summed E-state index contributed by atoms with van der Waals surface area (Å²) in [5, 5.41) is 11.1. The van der Waals surface area contributed by atoms with Crippen molar-refractivity contribution in [1.82, 2.24) is 30.1 Å². The van der Waals surface area contributed by atoms with E-state index in [0.717, 1.165) is 60.4 Å². The van der Waals surface area contributed by atoms with E-state index in [1.807, 2.05) is 44.3 Å². The Morgan fingerprint density at radius 2 is 2.00 bits per heavy atom. The van der Waals surface area contributed by atoms with Crippen molar-refractivity contribution in [2.45, 2.75) is 58.9 Å². The van der Waals surface area contributed by atoms with Gasteiger partial charge in [0.15, 0.2) is 0 Å². The molecule has 9 heteroatoms. The van der Waals surface area contributed by atoms with Crippen LogP contribution < -0.4 is 5.32 Å². The smallest absolute Gasteiger partial charge is 0.292 e. The third-order valence-electron chi connectivity index (χ3n) is 6.65. The Hall–Kier alpha value is -3.59. The van der Waals surface area contributed by atoms with E-state index in [-0.39, 0.29) is 17.1 Å². The van der Waals surface area contributed by atoms with Gasteiger partial charge in [-0.15, -0.1) is 0 Å². The standard InChI is InChI=1S/C27H32N6O3/c1-17-11-20(5-6-21(17)14-28-25(34)24-31-26(36-32-24)27(2,3)4)23-22-13-19(15-33(22)30-16-29-23)12-18-7-9-35-10-8-18/h5-6,11,13,15-16,18H,7-10,12,14H2,1-4H3,(H,28,34). The number of fused-ring (bicyclic) bond motifs is 1. The SMILES string of the molecule is Cc1cc(-c2ncnn3cc(CC4CCOCC4)cc23)ccc1CNC(=O)c1noc(C(C)(C)C)n1. The Morgan fingerprint density at radius 3 is 2.72 bits per heavy atom. The van der Waals surface area contributed by atoms with E-state index in [4.69, 9.17) is 9.26 Å². The molecular weight excluding hydrogens is 456 g/mol. The zero-order valence-corrected chi connectivity index (χ0v) is 21.2. The zero-order chi connectivity index (χ0) is 25.3. The van der Waals surface area contributed by atoms with Gasteiger partial charge in [-0.2, -0.15) is 10.1 Å². The van der Waals surface area contributed by atoms with E-state index in [2.05, 4.69) is 43.9 Å². The maximum Gasteiger partial charge on any atom is 0.292 e. The highest BCUT2D eigenvalue weighted by Gasteiger charge is 2.24. The molecule has 1 amide bonds. The minimum absolute atomic E-state index is 0.0439. The Bertz CT molecular complexity index is 1380. The first-order chi connectivity index (χ1) is 17.3. The molecular formula is C27H32N6O3. The third kappa shape index (κ3) is 5.16. The first-order valence-electron chi connectivity index (χ1n) is 12.4. The highest BCUT2D eigenvalue weighted by molar-refractivity contribution is 5.90. The molecule has 0 bridgehead atoms. The van der Waals surface area contributed by atoms with Crippen LogP contribution in [0.1, 0.15) is 66.8 Å². The molecule has 1 aromatic carbocycles. The maximum atomic E-state index is 12.5. The number of benzene rings is 1. The second-order valence-corrected chi connectivity index (χ2v) is 10.5. The molecule has 1 aliphatic rings. The van der Waals surface area contributed by atoms with Gasteiger partial charge in [-0.25, -0.2) is 9.50 Å². The predicted molar refractivity (Wildman–Crippen MR) is 135 cm³/mol. The number of aromatic nitrogens is 5. The molecule has 188 valence electrons. The van der Waals surface area contributed by atoms with E-state index < -0.39 is 0 Å². The lowest BCUT2D eigenvalue weighted by Gasteiger charge is -2.21. The zero-order valence-electron chi connectivity index (χ0n) is 21.2. The number of rotatable bonds is 6. The number of carbonyl (C=O) groups excluding carboxylic acids is 1. The summed E-state index contributed by atoms with van der Waals surface area (Å²) in [6, 6.07) is 8.35. The van der Waals surface area contributed by atoms with Gasteiger partial charge in [0.1, 0.15) is 6.33 Å². The average Bonchev–Trinajstić information content (AvgIpc) is 3.51. The van der Waals surface area contributed by atoms with Crippen molar-refractivity contribution in [3.8, 4) is 11.3 Å². The van der Waals surface area contributed by atoms with E-state index in [9.17, 15) is 4.79 Å². The van der Waals surface area contributed by atoms with Gasteiger partial charge < -0.3 is 14.6 Å². The van der Waals surface area contributed by atoms with Gasteiger partial charge in [0.05, 0.1) is 11.2 Å². The van der Waals surface area contributed by atoms with Crippen LogP contribution in [0.4, 0.5) is 0 Å². The number of amides is 1. The van der Waals surface area contributed by atoms with Crippen LogP contribution in [0, 0.1) is 12.8 Å². The lowest BCUT2D eigenvalue weighted by Crippen LogP contribution is -2.24. The van der Waals surface area contributed by atoms with E-state index >= 15 is 0 Å². The number of nitrogens with zero attached hydrogens (tertiary/aromatic N) is 5. The second-order valence-electron chi connectivity index (χ2n) is 10.5. The second kappa shape index (κ2) is 9.81. The highest BCUT2D eigenvalue weighted by atomic mass is 16.5. The molecule has 4 aromatic rings. The predicted octanol–water partition coefficient (Wildman–Crippen LogP) is 4.28. The van der Waals surface area contributed by atoms with Crippen LogP contribution in [0.2, 0.25) is 0 Å². The molecule has 0 aliphatic carbocycles. The van der Waals surface area contributed by atoms with Crippen molar-refractivity contribution in [3.05, 3.63) is 65.2 Å². The van der Waals surface area contributed by atoms with Gasteiger partial charge in [-0.1, -0.05) is 38.1 Å². The van der Waals surface area contributed by atoms with E-state index in [0.29, 0.717) is 18.4 Å². The molecule has 1 saturated heterocycles. The average molecular weight is 489 g/mol. The number of ether oxygens (including phenoxy) is 1. The van der Waals surface area contributed by atoms with Gasteiger partial charge in [-0.3, -0.25) is 4.79 Å². The fourth-order valence-electron chi connectivity index (χ4n) is 4.52. The molecule has 0 unspecified atom stereocenters. The van der Waals surface area contributed by atoms with Crippen molar-refractivity contribution < 1.29 is 14.1 Å². The Morgan fingerprint density at radius 1 is 1.19 bits per heavy atom. The first-order valence-corrected chi connectivity index (χ1v) is 12.4. The number of hydrogen-bond donors (Lipinski definition) is 1. The topological polar surface area (TPSA) is 107 Å². The first kappa shape index (κ1) is 24.1. The molecule has 1 N–H and O–H groups in total. The van der Waals surface area contributed by atoms with Crippen molar-refractivity contribution >= 4 is 11.4 Å². The minimum Gasteiger partial charge on any atom is -0.381 e. The summed E-state index contributed by atoms with van der Waals surface area (Å²) in [5.41, 5.74) is 5.93. The summed E-state index contributed by atoms with van der Waals surface area (Å²) in [6.07, 6.45) is 6.94. The lowest BCUT2D eigenvalue weighted by atomic mass is 9.93. The third-order valence-corrected chi connectivity index (χ3v) is 6.65. The van der Waals surface area contributed by atoms with Crippen LogP contribution in [0.5, 0.6) is 0 Å². The molecule has 3 aromatic heterocycles. The van der Waals surface area contributed by atoms with E-state index in [1.165, 1.54) is 5.56 Å². The fraction of sp³-hybridized carbons (Fsp3) is 0.444. The van der Waals surface area contributed by atoms with Crippen molar-refractivity contribution in [2.24, 2.45) is 5.92 Å². The molecule has 36 heavy (non-hydrogen) atoms. The summed E-state index contributed by atoms with van der Waals surface area (Å²) < 4.78 is 12.6. The molecule has 5 rings (SSSR count). The summed E-state index contributed by atoms with van der Waals surface area (Å²) in [5.74, 6) is 0.769. The summed E-state index contributed by atoms with van der Waals surface area (Å²) in [7, 11) is 0. The molecule has 0 saturated carbocycles. The van der Waals surface area contributed by atoms with Crippen molar-refractivity contribution in [3.63, 3.8) is 0 Å². The molecule has 4 heterocycles. The largest absolute Gasteiger partial charge is 0.381 e. The summed E-state index contributed by atoms with van der Waals surface area (Å²) in [4.78, 5) is 21.3. The van der Waals surface area contributed by atoms with Gasteiger partial charge in [0.25, 0.3) is 11.7 Å². The van der Waals surface area contributed by atoms with Crippen LogP contribution in [-0.4, -0.2) is 43.9 Å². The molecule has 9 nitrogen and oxygen atoms in total. The highest BCUT2D eigenvalue weighted by Crippen LogP contribution is 2.27. The van der Waals surface area contributed by atoms with Crippen LogP contribution >= 0.6 is 0 Å². The Labute approximate surface area is 210 Å². The minimum atomic E-state index is -0.361. The molecule has 1 fully saturated rings. The van der Waals surface area contributed by atoms with Crippen molar-refractivity contribution in [2.75, 3.05) is 13.2 Å². The molecule has 0 spiro atoms. The van der Waals surface area contributed by atoms with Crippen LogP contribution in [0.15, 0.2) is 41.3 Å². The summed E-state index contributed by atoms with van der Waals surface area (Å²) >= 11 is 0. The van der Waals surface area contributed by atoms with E-state index in [1.54, 1.807) is 6.33 Å². The maximum absolute atomic E-state index is 12.5. The van der Waals surface area contributed by atoms with Gasteiger partial charge in [0.2, 0.25) is 5.89 Å². The number of hydrogen-bond acceptors (Lipinski definition) is 7. The van der Waals surface area contributed by atoms with Crippen LogP contribution in [0.3, 0.4) is 0 Å². The van der Waals surface area contributed by atoms with Crippen molar-refractivity contribution in [1.29, 1.82) is 0 Å². The lowest BCUT2D eigenvalue weighted by molar-refractivity contribution is 0.0665. The monoisotopic (exact) mass is 488 g/mol. The fourth-order valence-corrected chi connectivity index (χ4v) is 4.52. The van der Waals surface area contributed by atoms with Crippen LogP contribution in [0.25, 0.3) is 16.8 Å². The van der Waals surface area contributed by atoms with Gasteiger partial charge in [0, 0.05) is 36.9 Å². The van der Waals surface area contributed by atoms with Gasteiger partial charge >= 0.3 is 0 Å².